The van der Waals surface area contributed by atoms with Crippen LogP contribution in [0.3, 0.4) is 0 Å². The smallest absolute Gasteiger partial charge is 0.136 e. The summed E-state index contributed by atoms with van der Waals surface area (Å²) in [5.74, 6) is 0. The zero-order chi connectivity index (χ0) is 83.6. The summed E-state index contributed by atoms with van der Waals surface area (Å²) >= 11 is 1.88. The van der Waals surface area contributed by atoms with Gasteiger partial charge in [-0.3, -0.25) is 0 Å². The van der Waals surface area contributed by atoms with Crippen molar-refractivity contribution in [1.82, 2.24) is 4.57 Å². The van der Waals surface area contributed by atoms with Crippen LogP contribution in [0.15, 0.2) is 468 Å². The molecule has 594 valence electrons. The molecule has 0 spiro atoms. The van der Waals surface area contributed by atoms with E-state index in [1.807, 2.05) is 41.7 Å². The van der Waals surface area contributed by atoms with Crippen molar-refractivity contribution in [2.45, 2.75) is 0 Å². The van der Waals surface area contributed by atoms with Gasteiger partial charge >= 0.3 is 0 Å². The Labute approximate surface area is 734 Å². The van der Waals surface area contributed by atoms with Gasteiger partial charge in [0.15, 0.2) is 0 Å². The Morgan fingerprint density at radius 1 is 0.173 bits per heavy atom. The Morgan fingerprint density at radius 3 is 0.976 bits per heavy atom. The minimum absolute atomic E-state index is 0.908. The highest BCUT2D eigenvalue weighted by atomic mass is 32.1. The van der Waals surface area contributed by atoms with Crippen LogP contribution in [0.2, 0.25) is 0 Å². The van der Waals surface area contributed by atoms with Crippen LogP contribution in [0, 0.1) is 0 Å². The van der Waals surface area contributed by atoms with E-state index >= 15 is 0 Å². The van der Waals surface area contributed by atoms with Gasteiger partial charge in [0.2, 0.25) is 0 Å². The largest absolute Gasteiger partial charge is 0.456 e. The zero-order valence-electron chi connectivity index (χ0n) is 68.8. The first-order valence-electron chi connectivity index (χ1n) is 43.2. The van der Waals surface area contributed by atoms with Gasteiger partial charge in [-0.25, -0.2) is 0 Å². The van der Waals surface area contributed by atoms with Crippen molar-refractivity contribution in [3.8, 4) is 39.1 Å². The standard InChI is InChI=1S/C50H32N2O.C38H25NS.C32H18O2/c1-3-13-35(14-4-1)51(36-15-5-2-6-16-36)37-25-23-33(24-26-37)43-29-34-30-46-42-19-9-12-22-49(42)53-50(46)32-44(34)39-28-27-38(31-45(39)43)52-47-20-10-7-17-40(47)41-18-8-11-21-48(41)52;1-3-11-28(12-4-1)39(29-13-5-2-6-14-29)30-21-19-26(20-22-30)34-23-27-24-36-33-17-9-10-18-37(33)40-38(36)25-35(27)32-16-8-7-15-31(32)34;1-2-8-22-21(7-1)25(19-13-14-31-27(15-19)23-9-3-5-11-29(23)33-31)16-20-17-28-24-10-4-6-12-30(24)34-32(28)18-26(20)22/h1-32H;1-25H;1-18H. The lowest BCUT2D eigenvalue weighted by Gasteiger charge is -2.25. The molecule has 0 aliphatic carbocycles. The van der Waals surface area contributed by atoms with E-state index in [0.29, 0.717) is 0 Å². The quantitative estimate of drug-likeness (QED) is 0.128. The minimum atomic E-state index is 0.908. The summed E-state index contributed by atoms with van der Waals surface area (Å²) in [6, 6.07) is 163. The number of hydrogen-bond donors (Lipinski definition) is 0. The topological polar surface area (TPSA) is 50.8 Å². The summed E-state index contributed by atoms with van der Waals surface area (Å²) < 4.78 is 23.8. The molecule has 7 heteroatoms. The SMILES string of the molecule is c1ccc(N(c2ccccc2)c2ccc(-c3cc4cc5c(cc4c4ccc(-n6c7ccccc7c7ccccc76)cc34)oc3ccccc35)cc2)cc1.c1ccc(N(c2ccccc2)c2ccc(-c3cc4cc5c(cc4c4ccccc34)sc3ccccc35)cc2)cc1.c1ccc2c(c1)oc1ccc(-c3cc4cc5c(cc4c4ccccc34)oc3ccccc35)cc12. The van der Waals surface area contributed by atoms with E-state index in [4.69, 9.17) is 13.3 Å². The molecule has 0 atom stereocenters. The van der Waals surface area contributed by atoms with Crippen LogP contribution >= 0.6 is 11.3 Å². The molecule has 0 N–H and O–H groups in total. The highest BCUT2D eigenvalue weighted by Crippen LogP contribution is 2.48. The maximum absolute atomic E-state index is 6.40. The molecule has 0 saturated heterocycles. The molecule has 5 aromatic heterocycles. The third-order valence-corrected chi connectivity index (χ3v) is 26.7. The molecule has 0 fully saturated rings. The number of benzene rings is 22. The van der Waals surface area contributed by atoms with Crippen molar-refractivity contribution in [2.75, 3.05) is 9.80 Å². The summed E-state index contributed by atoms with van der Waals surface area (Å²) in [5, 5.41) is 26.9. The molecular formula is C120H75N3O3S. The van der Waals surface area contributed by atoms with Crippen molar-refractivity contribution >= 4 is 218 Å². The fraction of sp³-hybridized carbons (Fsp3) is 0. The molecule has 0 aliphatic heterocycles. The molecular weight excluding hydrogens is 1560 g/mol. The van der Waals surface area contributed by atoms with E-state index in [0.717, 1.165) is 106 Å². The van der Waals surface area contributed by atoms with Crippen LogP contribution in [0.1, 0.15) is 0 Å². The molecule has 0 amide bonds. The van der Waals surface area contributed by atoms with Crippen molar-refractivity contribution in [3.63, 3.8) is 0 Å². The van der Waals surface area contributed by atoms with Gasteiger partial charge in [0, 0.05) is 103 Å². The minimum Gasteiger partial charge on any atom is -0.456 e. The van der Waals surface area contributed by atoms with Crippen LogP contribution in [-0.2, 0) is 0 Å². The lowest BCUT2D eigenvalue weighted by Crippen LogP contribution is -2.09. The summed E-state index contributed by atoms with van der Waals surface area (Å²) in [6.45, 7) is 0. The highest BCUT2D eigenvalue weighted by Gasteiger charge is 2.23. The van der Waals surface area contributed by atoms with Crippen molar-refractivity contribution < 1.29 is 13.3 Å². The summed E-state index contributed by atoms with van der Waals surface area (Å²) in [5.41, 5.74) is 23.1. The van der Waals surface area contributed by atoms with Crippen LogP contribution < -0.4 is 9.80 Å². The number of nitrogens with zero attached hydrogens (tertiary/aromatic N) is 3. The number of thiophene rings is 1. The van der Waals surface area contributed by atoms with Gasteiger partial charge in [-0.15, -0.1) is 11.3 Å². The average Bonchev–Trinajstić information content (AvgIpc) is 1.67. The van der Waals surface area contributed by atoms with Crippen LogP contribution in [0.4, 0.5) is 34.1 Å². The normalized spacial score (nSPS) is 11.8. The van der Waals surface area contributed by atoms with E-state index in [-0.39, 0.29) is 0 Å². The lowest BCUT2D eigenvalue weighted by molar-refractivity contribution is 0.668. The third kappa shape index (κ3) is 12.5. The Balaban J connectivity index is 0.000000106. The predicted molar refractivity (Wildman–Crippen MR) is 539 cm³/mol. The maximum atomic E-state index is 6.40. The molecule has 27 rings (SSSR count). The van der Waals surface area contributed by atoms with Gasteiger partial charge < -0.3 is 27.6 Å². The summed E-state index contributed by atoms with van der Waals surface area (Å²) in [6.07, 6.45) is 0. The Hall–Kier alpha value is -16.6. The van der Waals surface area contributed by atoms with Crippen molar-refractivity contribution in [3.05, 3.63) is 455 Å². The van der Waals surface area contributed by atoms with Gasteiger partial charge in [0.25, 0.3) is 0 Å². The first-order chi connectivity index (χ1) is 62.9. The average molecular weight is 1640 g/mol. The first-order valence-corrected chi connectivity index (χ1v) is 44.0. The monoisotopic (exact) mass is 1640 g/mol. The van der Waals surface area contributed by atoms with E-state index in [1.54, 1.807) is 0 Å². The number of aromatic nitrogens is 1. The van der Waals surface area contributed by atoms with Crippen LogP contribution in [-0.4, -0.2) is 4.57 Å². The van der Waals surface area contributed by atoms with Gasteiger partial charge in [0.1, 0.15) is 33.5 Å². The Morgan fingerprint density at radius 2 is 0.504 bits per heavy atom. The fourth-order valence-electron chi connectivity index (χ4n) is 19.8. The number of rotatable bonds is 10. The van der Waals surface area contributed by atoms with Crippen LogP contribution in [0.5, 0.6) is 0 Å². The summed E-state index contributed by atoms with van der Waals surface area (Å²) in [7, 11) is 0. The second kappa shape index (κ2) is 30.2. The zero-order valence-corrected chi connectivity index (χ0v) is 69.6. The predicted octanol–water partition coefficient (Wildman–Crippen LogP) is 35.1. The Bertz CT molecular complexity index is 8890. The van der Waals surface area contributed by atoms with E-state index in [2.05, 4.69) is 439 Å². The number of fused-ring (bicyclic) bond motifs is 24. The molecule has 0 aliphatic rings. The second-order valence-corrected chi connectivity index (χ2v) is 34.0. The first kappa shape index (κ1) is 73.2. The number of furan rings is 3. The molecule has 27 aromatic rings. The maximum Gasteiger partial charge on any atom is 0.136 e. The molecule has 6 nitrogen and oxygen atoms in total. The van der Waals surface area contributed by atoms with Gasteiger partial charge in [-0.1, -0.05) is 267 Å². The van der Waals surface area contributed by atoms with E-state index < -0.39 is 0 Å². The molecule has 22 aromatic carbocycles. The van der Waals surface area contributed by atoms with Gasteiger partial charge in [-0.05, 0) is 286 Å². The molecule has 5 heterocycles. The van der Waals surface area contributed by atoms with Gasteiger partial charge in [0.05, 0.1) is 11.0 Å². The Kier molecular flexibility index (Phi) is 17.4. The van der Waals surface area contributed by atoms with Crippen molar-refractivity contribution in [1.29, 1.82) is 0 Å². The molecule has 0 unspecified atom stereocenters. The highest BCUT2D eigenvalue weighted by molar-refractivity contribution is 7.25. The van der Waals surface area contributed by atoms with Gasteiger partial charge in [-0.2, -0.15) is 0 Å². The number of para-hydroxylation sites is 9. The van der Waals surface area contributed by atoms with Crippen molar-refractivity contribution in [2.24, 2.45) is 0 Å². The second-order valence-electron chi connectivity index (χ2n) is 32.9. The summed E-state index contributed by atoms with van der Waals surface area (Å²) in [4.78, 5) is 4.62. The number of hydrogen-bond acceptors (Lipinski definition) is 6. The molecule has 127 heavy (non-hydrogen) atoms. The molecule has 0 bridgehead atoms. The molecule has 0 radical (unpaired) electrons. The van der Waals surface area contributed by atoms with Crippen LogP contribution in [0.25, 0.3) is 211 Å². The van der Waals surface area contributed by atoms with E-state index in [1.165, 1.54) is 140 Å². The fourth-order valence-corrected chi connectivity index (χ4v) is 20.9. The van der Waals surface area contributed by atoms with E-state index in [9.17, 15) is 0 Å². The third-order valence-electron chi connectivity index (χ3n) is 25.6. The molecule has 0 saturated carbocycles. The lowest BCUT2D eigenvalue weighted by atomic mass is 9.92. The number of anilines is 6.